The highest BCUT2D eigenvalue weighted by Gasteiger charge is 2.32. The molecule has 1 aliphatic heterocycles. The minimum absolute atomic E-state index is 0.0735. The van der Waals surface area contributed by atoms with Crippen LogP contribution in [0, 0.1) is 0 Å². The molecule has 3 rings (SSSR count). The minimum atomic E-state index is -2.81. The molecule has 2 N–H and O–H groups in total. The third kappa shape index (κ3) is 5.35. The van der Waals surface area contributed by atoms with Gasteiger partial charge in [0.2, 0.25) is 5.91 Å². The zero-order valence-corrected chi connectivity index (χ0v) is 18.0. The highest BCUT2D eigenvalue weighted by molar-refractivity contribution is 7.80. The summed E-state index contributed by atoms with van der Waals surface area (Å²) >= 11 is -2.81. The van der Waals surface area contributed by atoms with Crippen molar-refractivity contribution in [1.82, 2.24) is 10.2 Å². The molecule has 1 heterocycles. The Morgan fingerprint density at radius 1 is 1.16 bits per heavy atom. The fraction of sp³-hybridized carbons (Fsp3) is 0.286. The molecule has 2 atom stereocenters. The standard InChI is InChI=1S/C21H24N4O5S/c1-24(2)11-10-22-20(27)18(12-14-6-4-3-5-7-14)25(31(29)30)15-8-9-17-16(13-15)19(26)21(28)23-17/h3-9,13,18H,10-12H2,1-2H3,(H,22,27)(H,29,30)(H,23,26,28)/p-1/t18-/m0/s1. The van der Waals surface area contributed by atoms with E-state index in [1.165, 1.54) is 18.2 Å². The number of likely N-dealkylation sites (N-methyl/N-ethyl adjacent to an activating group) is 1. The fourth-order valence-electron chi connectivity index (χ4n) is 3.28. The second kappa shape index (κ2) is 9.82. The first-order chi connectivity index (χ1) is 14.8. The van der Waals surface area contributed by atoms with Gasteiger partial charge in [-0.2, -0.15) is 0 Å². The predicted octanol–water partition coefficient (Wildman–Crippen LogP) is 0.711. The quantitative estimate of drug-likeness (QED) is 0.435. The summed E-state index contributed by atoms with van der Waals surface area (Å²) < 4.78 is 25.4. The van der Waals surface area contributed by atoms with E-state index >= 15 is 0 Å². The number of hydrogen-bond acceptors (Lipinski definition) is 6. The lowest BCUT2D eigenvalue weighted by molar-refractivity contribution is -0.122. The van der Waals surface area contributed by atoms with Crippen molar-refractivity contribution in [3.63, 3.8) is 0 Å². The lowest BCUT2D eigenvalue weighted by Crippen LogP contribution is -2.50. The molecule has 0 saturated heterocycles. The molecule has 0 spiro atoms. The maximum absolute atomic E-state index is 13.0. The van der Waals surface area contributed by atoms with Crippen molar-refractivity contribution >= 4 is 40.2 Å². The molecule has 0 aromatic heterocycles. The number of carbonyl (C=O) groups is 3. The number of anilines is 2. The van der Waals surface area contributed by atoms with Gasteiger partial charge in [-0.1, -0.05) is 30.3 Å². The first kappa shape index (κ1) is 22.6. The summed E-state index contributed by atoms with van der Waals surface area (Å²) in [6.45, 7) is 0.933. The fourth-order valence-corrected chi connectivity index (χ4v) is 3.94. The van der Waals surface area contributed by atoms with Crippen LogP contribution >= 0.6 is 0 Å². The van der Waals surface area contributed by atoms with E-state index in [1.807, 2.05) is 25.1 Å². The zero-order chi connectivity index (χ0) is 22.5. The predicted molar refractivity (Wildman–Crippen MR) is 116 cm³/mol. The van der Waals surface area contributed by atoms with E-state index in [-0.39, 0.29) is 17.7 Å². The second-order valence-corrected chi connectivity index (χ2v) is 8.18. The summed E-state index contributed by atoms with van der Waals surface area (Å²) in [7, 11) is 3.73. The van der Waals surface area contributed by atoms with E-state index in [0.29, 0.717) is 18.8 Å². The molecule has 1 unspecified atom stereocenters. The number of nitrogens with one attached hydrogen (secondary N) is 2. The van der Waals surface area contributed by atoms with Crippen molar-refractivity contribution in [2.75, 3.05) is 36.8 Å². The number of rotatable bonds is 9. The average Bonchev–Trinajstić information content (AvgIpc) is 3.01. The molecule has 1 aliphatic rings. The number of Topliss-reactive ketones (excluding diaryl/α,β-unsaturated/α-hetero) is 1. The summed E-state index contributed by atoms with van der Waals surface area (Å²) in [6, 6.07) is 12.2. The van der Waals surface area contributed by atoms with Gasteiger partial charge >= 0.3 is 0 Å². The van der Waals surface area contributed by atoms with Crippen LogP contribution in [0.25, 0.3) is 0 Å². The number of ketones is 1. The molecular weight excluding hydrogens is 420 g/mol. The number of nitrogens with zero attached hydrogens (tertiary/aromatic N) is 2. The van der Waals surface area contributed by atoms with Gasteiger partial charge in [0.05, 0.1) is 16.9 Å². The summed E-state index contributed by atoms with van der Waals surface area (Å²) in [5.74, 6) is -1.98. The van der Waals surface area contributed by atoms with Crippen LogP contribution in [0.15, 0.2) is 48.5 Å². The van der Waals surface area contributed by atoms with Gasteiger partial charge in [-0.15, -0.1) is 0 Å². The summed E-state index contributed by atoms with van der Waals surface area (Å²) in [5, 5.41) is 5.21. The van der Waals surface area contributed by atoms with Gasteiger partial charge in [0.15, 0.2) is 0 Å². The average molecular weight is 444 g/mol. The van der Waals surface area contributed by atoms with Gasteiger partial charge in [0.25, 0.3) is 11.7 Å². The van der Waals surface area contributed by atoms with Gasteiger partial charge in [-0.3, -0.25) is 22.9 Å². The number of carbonyl (C=O) groups excluding carboxylic acids is 3. The van der Waals surface area contributed by atoms with Crippen molar-refractivity contribution in [2.45, 2.75) is 12.5 Å². The van der Waals surface area contributed by atoms with Crippen LogP contribution in [0.5, 0.6) is 0 Å². The van der Waals surface area contributed by atoms with Crippen molar-refractivity contribution in [3.8, 4) is 0 Å². The first-order valence-corrected chi connectivity index (χ1v) is 10.7. The molecule has 0 bridgehead atoms. The molecule has 2 aromatic rings. The van der Waals surface area contributed by atoms with Crippen molar-refractivity contribution < 1.29 is 23.1 Å². The van der Waals surface area contributed by atoms with Crippen molar-refractivity contribution in [3.05, 3.63) is 59.7 Å². The van der Waals surface area contributed by atoms with Crippen molar-refractivity contribution in [1.29, 1.82) is 0 Å². The molecule has 9 nitrogen and oxygen atoms in total. The second-order valence-electron chi connectivity index (χ2n) is 7.36. The molecule has 0 fully saturated rings. The summed E-state index contributed by atoms with van der Waals surface area (Å²) in [6.07, 6.45) is 0.130. The Labute approximate surface area is 182 Å². The number of benzene rings is 2. The van der Waals surface area contributed by atoms with Gasteiger partial charge in [-0.25, -0.2) is 0 Å². The molecule has 0 saturated carbocycles. The number of fused-ring (bicyclic) bond motifs is 1. The normalized spacial score (nSPS) is 14.7. The van der Waals surface area contributed by atoms with E-state index in [0.717, 1.165) is 9.87 Å². The van der Waals surface area contributed by atoms with Crippen LogP contribution in [-0.4, -0.2) is 64.5 Å². The molecular formula is C21H23N4O5S-. The Hall–Kier alpha value is -3.08. The summed E-state index contributed by atoms with van der Waals surface area (Å²) in [5.41, 5.74) is 1.29. The Balaban J connectivity index is 1.95. The zero-order valence-electron chi connectivity index (χ0n) is 17.2. The molecule has 2 amide bonds. The maximum atomic E-state index is 13.0. The van der Waals surface area contributed by atoms with Gasteiger partial charge < -0.3 is 20.1 Å². The molecule has 2 aromatic carbocycles. The van der Waals surface area contributed by atoms with E-state index in [4.69, 9.17) is 0 Å². The smallest absolute Gasteiger partial charge is 0.296 e. The molecule has 0 aliphatic carbocycles. The van der Waals surface area contributed by atoms with Crippen LogP contribution in [0.3, 0.4) is 0 Å². The van der Waals surface area contributed by atoms with Crippen molar-refractivity contribution in [2.24, 2.45) is 0 Å². The van der Waals surface area contributed by atoms with Crippen LogP contribution in [0.2, 0.25) is 0 Å². The lowest BCUT2D eigenvalue weighted by Gasteiger charge is -2.34. The van der Waals surface area contributed by atoms with Crippen LogP contribution in [0.1, 0.15) is 15.9 Å². The third-order valence-corrected chi connectivity index (χ3v) is 5.62. The largest absolute Gasteiger partial charge is 0.755 e. The number of amides is 2. The van der Waals surface area contributed by atoms with Crippen LogP contribution in [-0.2, 0) is 27.3 Å². The third-order valence-electron chi connectivity index (χ3n) is 4.83. The van der Waals surface area contributed by atoms with E-state index in [2.05, 4.69) is 10.6 Å². The van der Waals surface area contributed by atoms with E-state index in [9.17, 15) is 23.1 Å². The van der Waals surface area contributed by atoms with E-state index in [1.54, 1.807) is 24.3 Å². The maximum Gasteiger partial charge on any atom is 0.296 e. The SMILES string of the molecule is CN(C)CCNC(=O)[C@H](Cc1ccccc1)N(c1ccc2c(c1)C(=O)C(=O)N2)S(=O)[O-]. The van der Waals surface area contributed by atoms with Gasteiger partial charge in [0, 0.05) is 30.8 Å². The topological polar surface area (TPSA) is 122 Å². The Bertz CT molecular complexity index is 1010. The lowest BCUT2D eigenvalue weighted by atomic mass is 10.0. The first-order valence-electron chi connectivity index (χ1n) is 9.62. The number of hydrogen-bond donors (Lipinski definition) is 2. The Kier molecular flexibility index (Phi) is 7.16. The monoisotopic (exact) mass is 443 g/mol. The highest BCUT2D eigenvalue weighted by atomic mass is 32.2. The van der Waals surface area contributed by atoms with E-state index < -0.39 is 34.9 Å². The Morgan fingerprint density at radius 2 is 1.87 bits per heavy atom. The van der Waals surface area contributed by atoms with Gasteiger partial charge in [-0.05, 0) is 37.9 Å². The molecule has 0 radical (unpaired) electrons. The summed E-state index contributed by atoms with van der Waals surface area (Å²) in [4.78, 5) is 38.6. The Morgan fingerprint density at radius 3 is 2.52 bits per heavy atom. The highest BCUT2D eigenvalue weighted by Crippen LogP contribution is 2.30. The van der Waals surface area contributed by atoms with Gasteiger partial charge in [0.1, 0.15) is 6.04 Å². The molecule has 31 heavy (non-hydrogen) atoms. The molecule has 10 heteroatoms. The minimum Gasteiger partial charge on any atom is -0.755 e. The van der Waals surface area contributed by atoms with Crippen LogP contribution < -0.4 is 14.9 Å². The molecule has 164 valence electrons. The van der Waals surface area contributed by atoms with Crippen LogP contribution in [0.4, 0.5) is 11.4 Å².